The van der Waals surface area contributed by atoms with Crippen LogP contribution in [0.3, 0.4) is 0 Å². The second-order valence-corrected chi connectivity index (χ2v) is 3.15. The number of aliphatic carboxylic acids is 1. The van der Waals surface area contributed by atoms with Gasteiger partial charge in [0.15, 0.2) is 0 Å². The molecule has 11 heavy (non-hydrogen) atoms. The number of hydrogen-bond acceptors (Lipinski definition) is 1. The Kier molecular flexibility index (Phi) is 2.69. The Morgan fingerprint density at radius 3 is 2.73 bits per heavy atom. The van der Waals surface area contributed by atoms with Gasteiger partial charge in [0.2, 0.25) is 0 Å². The Hall–Kier alpha value is -0.790. The fraction of sp³-hybridized carbons (Fsp3) is 0.667. The molecule has 0 amide bonds. The van der Waals surface area contributed by atoms with E-state index in [9.17, 15) is 4.79 Å². The van der Waals surface area contributed by atoms with E-state index >= 15 is 0 Å². The van der Waals surface area contributed by atoms with Gasteiger partial charge >= 0.3 is 5.97 Å². The number of carboxylic acid groups (broad SMARTS) is 1. The highest BCUT2D eigenvalue weighted by Crippen LogP contribution is 2.37. The molecule has 2 atom stereocenters. The van der Waals surface area contributed by atoms with Gasteiger partial charge in [0.05, 0.1) is 5.92 Å². The van der Waals surface area contributed by atoms with Crippen LogP contribution in [0, 0.1) is 11.8 Å². The Balaban J connectivity index is 2.25. The molecule has 0 radical (unpaired) electrons. The van der Waals surface area contributed by atoms with Gasteiger partial charge in [-0.15, -0.1) is 6.58 Å². The lowest BCUT2D eigenvalue weighted by Crippen LogP contribution is -2.32. The molecule has 1 N–H and O–H groups in total. The maximum absolute atomic E-state index is 10.5. The molecule has 0 heterocycles. The number of carboxylic acids is 1. The third-order valence-electron chi connectivity index (χ3n) is 2.48. The van der Waals surface area contributed by atoms with Crippen LogP contribution in [-0.4, -0.2) is 11.1 Å². The zero-order valence-corrected chi connectivity index (χ0v) is 6.62. The van der Waals surface area contributed by atoms with Gasteiger partial charge in [-0.05, 0) is 31.6 Å². The normalized spacial score (nSPS) is 29.1. The van der Waals surface area contributed by atoms with Crippen LogP contribution in [-0.2, 0) is 4.79 Å². The molecule has 1 fully saturated rings. The smallest absolute Gasteiger partial charge is 0.306 e. The van der Waals surface area contributed by atoms with Crippen LogP contribution in [0.1, 0.15) is 25.7 Å². The fourth-order valence-corrected chi connectivity index (χ4v) is 1.57. The van der Waals surface area contributed by atoms with Crippen molar-refractivity contribution in [3.63, 3.8) is 0 Å². The molecule has 0 aromatic rings. The van der Waals surface area contributed by atoms with E-state index in [0.29, 0.717) is 5.92 Å². The van der Waals surface area contributed by atoms with E-state index in [0.717, 1.165) is 25.7 Å². The molecule has 2 heteroatoms. The highest BCUT2D eigenvalue weighted by atomic mass is 16.4. The Bertz CT molecular complexity index is 163. The predicted molar refractivity (Wildman–Crippen MR) is 43.3 cm³/mol. The van der Waals surface area contributed by atoms with E-state index in [1.54, 1.807) is 0 Å². The molecule has 0 aliphatic heterocycles. The molecule has 0 aromatic heterocycles. The van der Waals surface area contributed by atoms with Gasteiger partial charge in [0, 0.05) is 0 Å². The van der Waals surface area contributed by atoms with Gasteiger partial charge in [-0.1, -0.05) is 6.08 Å². The lowest BCUT2D eigenvalue weighted by molar-refractivity contribution is -0.147. The lowest BCUT2D eigenvalue weighted by Gasteiger charge is -2.32. The average molecular weight is 154 g/mol. The van der Waals surface area contributed by atoms with Crippen molar-refractivity contribution in [2.45, 2.75) is 25.7 Å². The fourth-order valence-electron chi connectivity index (χ4n) is 1.57. The number of carbonyl (C=O) groups is 1. The standard InChI is InChI=1S/C9H14O2/c1-2-3-4-7-5-6-8(7)9(10)11/h2,7-8H,1,3-6H2,(H,10,11). The Morgan fingerprint density at radius 1 is 1.64 bits per heavy atom. The van der Waals surface area contributed by atoms with E-state index < -0.39 is 5.97 Å². The molecule has 0 spiro atoms. The molecule has 0 aromatic carbocycles. The van der Waals surface area contributed by atoms with Gasteiger partial charge in [-0.25, -0.2) is 0 Å². The maximum Gasteiger partial charge on any atom is 0.306 e. The molecule has 62 valence electrons. The summed E-state index contributed by atoms with van der Waals surface area (Å²) in [7, 11) is 0. The quantitative estimate of drug-likeness (QED) is 0.629. The van der Waals surface area contributed by atoms with Crippen LogP contribution in [0.25, 0.3) is 0 Å². The van der Waals surface area contributed by atoms with Crippen molar-refractivity contribution >= 4 is 5.97 Å². The second kappa shape index (κ2) is 3.56. The summed E-state index contributed by atoms with van der Waals surface area (Å²) >= 11 is 0. The lowest BCUT2D eigenvalue weighted by atomic mass is 9.71. The number of rotatable bonds is 4. The van der Waals surface area contributed by atoms with Crippen LogP contribution in [0.15, 0.2) is 12.7 Å². The van der Waals surface area contributed by atoms with Crippen molar-refractivity contribution in [3.05, 3.63) is 12.7 Å². The molecule has 0 bridgehead atoms. The first kappa shape index (κ1) is 8.31. The van der Waals surface area contributed by atoms with E-state index in [1.807, 2.05) is 6.08 Å². The summed E-state index contributed by atoms with van der Waals surface area (Å²) in [6.07, 6.45) is 5.77. The van der Waals surface area contributed by atoms with Crippen molar-refractivity contribution in [1.29, 1.82) is 0 Å². The van der Waals surface area contributed by atoms with E-state index in [4.69, 9.17) is 5.11 Å². The SMILES string of the molecule is C=CCCC1CCC1C(=O)O. The molecule has 1 aliphatic rings. The summed E-state index contributed by atoms with van der Waals surface area (Å²) in [5, 5.41) is 8.68. The minimum Gasteiger partial charge on any atom is -0.481 e. The highest BCUT2D eigenvalue weighted by Gasteiger charge is 2.35. The Labute approximate surface area is 66.9 Å². The molecule has 2 unspecified atom stereocenters. The van der Waals surface area contributed by atoms with Gasteiger partial charge in [-0.2, -0.15) is 0 Å². The highest BCUT2D eigenvalue weighted by molar-refractivity contribution is 5.71. The van der Waals surface area contributed by atoms with Crippen molar-refractivity contribution in [2.75, 3.05) is 0 Å². The van der Waals surface area contributed by atoms with Crippen molar-refractivity contribution < 1.29 is 9.90 Å². The zero-order chi connectivity index (χ0) is 8.27. The summed E-state index contributed by atoms with van der Waals surface area (Å²) in [5.74, 6) is -0.259. The third-order valence-corrected chi connectivity index (χ3v) is 2.48. The van der Waals surface area contributed by atoms with E-state index in [-0.39, 0.29) is 5.92 Å². The zero-order valence-electron chi connectivity index (χ0n) is 6.62. The molecular formula is C9H14O2. The van der Waals surface area contributed by atoms with Gasteiger partial charge < -0.3 is 5.11 Å². The van der Waals surface area contributed by atoms with Crippen LogP contribution >= 0.6 is 0 Å². The molecule has 1 aliphatic carbocycles. The predicted octanol–water partition coefficient (Wildman–Crippen LogP) is 2.06. The topological polar surface area (TPSA) is 37.3 Å². The summed E-state index contributed by atoms with van der Waals surface area (Å²) in [5.41, 5.74) is 0. The van der Waals surface area contributed by atoms with Gasteiger partial charge in [-0.3, -0.25) is 4.79 Å². The monoisotopic (exact) mass is 154 g/mol. The largest absolute Gasteiger partial charge is 0.481 e. The first-order chi connectivity index (χ1) is 5.25. The third kappa shape index (κ3) is 1.82. The van der Waals surface area contributed by atoms with Gasteiger partial charge in [0.25, 0.3) is 0 Å². The number of allylic oxidation sites excluding steroid dienone is 1. The summed E-state index contributed by atoms with van der Waals surface area (Å²) < 4.78 is 0. The summed E-state index contributed by atoms with van der Waals surface area (Å²) in [6.45, 7) is 3.61. The molecule has 2 nitrogen and oxygen atoms in total. The first-order valence-electron chi connectivity index (χ1n) is 4.09. The Morgan fingerprint density at radius 2 is 2.36 bits per heavy atom. The molecule has 1 rings (SSSR count). The molecular weight excluding hydrogens is 140 g/mol. The molecule has 0 saturated heterocycles. The van der Waals surface area contributed by atoms with Gasteiger partial charge in [0.1, 0.15) is 0 Å². The van der Waals surface area contributed by atoms with Crippen LogP contribution in [0.2, 0.25) is 0 Å². The van der Waals surface area contributed by atoms with E-state index in [1.165, 1.54) is 0 Å². The second-order valence-electron chi connectivity index (χ2n) is 3.15. The summed E-state index contributed by atoms with van der Waals surface area (Å²) in [4.78, 5) is 10.5. The van der Waals surface area contributed by atoms with Crippen molar-refractivity contribution in [2.24, 2.45) is 11.8 Å². The van der Waals surface area contributed by atoms with Crippen molar-refractivity contribution in [1.82, 2.24) is 0 Å². The van der Waals surface area contributed by atoms with Crippen LogP contribution in [0.5, 0.6) is 0 Å². The maximum atomic E-state index is 10.5. The summed E-state index contributed by atoms with van der Waals surface area (Å²) in [6, 6.07) is 0. The van der Waals surface area contributed by atoms with E-state index in [2.05, 4.69) is 6.58 Å². The minimum atomic E-state index is -0.620. The van der Waals surface area contributed by atoms with Crippen LogP contribution in [0.4, 0.5) is 0 Å². The van der Waals surface area contributed by atoms with Crippen LogP contribution < -0.4 is 0 Å². The average Bonchev–Trinajstić information content (AvgIpc) is 1.84. The van der Waals surface area contributed by atoms with Crippen molar-refractivity contribution in [3.8, 4) is 0 Å². The first-order valence-corrected chi connectivity index (χ1v) is 4.09. The minimum absolute atomic E-state index is 0.0602. The molecule has 1 saturated carbocycles. The number of hydrogen-bond donors (Lipinski definition) is 1.